The van der Waals surface area contributed by atoms with Crippen molar-refractivity contribution in [1.82, 2.24) is 9.62 Å². The molecule has 8 nitrogen and oxygen atoms in total. The van der Waals surface area contributed by atoms with Gasteiger partial charge in [-0.15, -0.1) is 0 Å². The van der Waals surface area contributed by atoms with Crippen molar-refractivity contribution >= 4 is 15.9 Å². The molecule has 2 rings (SSSR count). The summed E-state index contributed by atoms with van der Waals surface area (Å²) in [7, 11) is -3.83. The number of nitrogens with one attached hydrogen (secondary N) is 1. The topological polar surface area (TPSA) is 94.2 Å². The van der Waals surface area contributed by atoms with Gasteiger partial charge in [-0.05, 0) is 25.0 Å². The van der Waals surface area contributed by atoms with Crippen LogP contribution in [0.5, 0.6) is 0 Å². The molecule has 0 aliphatic carbocycles. The molecule has 30 heavy (non-hydrogen) atoms. The minimum absolute atomic E-state index is 0.148. The molecule has 2 atom stereocenters. The zero-order chi connectivity index (χ0) is 22.0. The molecule has 1 aliphatic heterocycles. The molecule has 1 heterocycles. The van der Waals surface area contributed by atoms with E-state index in [-0.39, 0.29) is 16.7 Å². The van der Waals surface area contributed by atoms with E-state index in [4.69, 9.17) is 14.2 Å². The summed E-state index contributed by atoms with van der Waals surface area (Å²) in [5, 5.41) is 0. The lowest BCUT2D eigenvalue weighted by Gasteiger charge is -2.31. The standard InChI is InChI=1S/C21H34N2O6S/c1-4-18(3)20(22-30(25,26)19-7-5-17(2)6-8-19)21(24)23-9-11-27-13-15-29-16-14-28-12-10-23/h5-8,18,20,22H,4,9-16H2,1-3H3. The normalized spacial score (nSPS) is 19.4. The molecular formula is C21H34N2O6S. The number of rotatable bonds is 6. The number of aryl methyl sites for hydroxylation is 1. The first-order valence-electron chi connectivity index (χ1n) is 10.5. The zero-order valence-corrected chi connectivity index (χ0v) is 18.9. The molecule has 1 aliphatic rings. The van der Waals surface area contributed by atoms with E-state index in [1.54, 1.807) is 29.2 Å². The largest absolute Gasteiger partial charge is 0.377 e. The van der Waals surface area contributed by atoms with E-state index in [1.807, 2.05) is 20.8 Å². The van der Waals surface area contributed by atoms with Gasteiger partial charge in [0.2, 0.25) is 15.9 Å². The van der Waals surface area contributed by atoms with Crippen LogP contribution in [0.25, 0.3) is 0 Å². The van der Waals surface area contributed by atoms with E-state index < -0.39 is 16.1 Å². The molecule has 9 heteroatoms. The molecule has 0 saturated carbocycles. The Hall–Kier alpha value is -1.52. The summed E-state index contributed by atoms with van der Waals surface area (Å²) < 4.78 is 44.9. The van der Waals surface area contributed by atoms with Gasteiger partial charge < -0.3 is 19.1 Å². The number of hydrogen-bond donors (Lipinski definition) is 1. The number of hydrogen-bond acceptors (Lipinski definition) is 6. The molecule has 0 radical (unpaired) electrons. The summed E-state index contributed by atoms with van der Waals surface area (Å²) in [6.07, 6.45) is 0.658. The Labute approximate surface area is 179 Å². The molecule has 0 aromatic heterocycles. The molecular weight excluding hydrogens is 408 g/mol. The van der Waals surface area contributed by atoms with Gasteiger partial charge in [0.25, 0.3) is 0 Å². The Balaban J connectivity index is 2.16. The van der Waals surface area contributed by atoms with Crippen molar-refractivity contribution in [2.24, 2.45) is 5.92 Å². The predicted octanol–water partition coefficient (Wildman–Crippen LogP) is 1.58. The molecule has 0 spiro atoms. The van der Waals surface area contributed by atoms with E-state index >= 15 is 0 Å². The molecule has 1 aromatic rings. The van der Waals surface area contributed by atoms with E-state index in [1.165, 1.54) is 0 Å². The Bertz CT molecular complexity index is 741. The fraction of sp³-hybridized carbons (Fsp3) is 0.667. The van der Waals surface area contributed by atoms with Crippen LogP contribution in [0.1, 0.15) is 25.8 Å². The predicted molar refractivity (Wildman–Crippen MR) is 114 cm³/mol. The quantitative estimate of drug-likeness (QED) is 0.719. The van der Waals surface area contributed by atoms with Crippen LogP contribution < -0.4 is 4.72 Å². The zero-order valence-electron chi connectivity index (χ0n) is 18.1. The summed E-state index contributed by atoms with van der Waals surface area (Å²) >= 11 is 0. The van der Waals surface area contributed by atoms with Crippen molar-refractivity contribution in [1.29, 1.82) is 0 Å². The van der Waals surface area contributed by atoms with Gasteiger partial charge in [0.1, 0.15) is 6.04 Å². The van der Waals surface area contributed by atoms with Crippen molar-refractivity contribution < 1.29 is 27.4 Å². The Kier molecular flexibility index (Phi) is 10.2. The first kappa shape index (κ1) is 24.7. The number of nitrogens with zero attached hydrogens (tertiary/aromatic N) is 1. The van der Waals surface area contributed by atoms with Crippen LogP contribution in [-0.2, 0) is 29.0 Å². The summed E-state index contributed by atoms with van der Waals surface area (Å²) in [4.78, 5) is 15.1. The lowest BCUT2D eigenvalue weighted by molar-refractivity contribution is -0.136. The summed E-state index contributed by atoms with van der Waals surface area (Å²) in [5.41, 5.74) is 0.966. The molecule has 1 aromatic carbocycles. The molecule has 2 unspecified atom stereocenters. The average Bonchev–Trinajstić information content (AvgIpc) is 2.72. The maximum atomic E-state index is 13.3. The highest BCUT2D eigenvalue weighted by Gasteiger charge is 2.32. The number of amides is 1. The van der Waals surface area contributed by atoms with Crippen molar-refractivity contribution in [3.63, 3.8) is 0 Å². The van der Waals surface area contributed by atoms with Crippen molar-refractivity contribution in [2.75, 3.05) is 52.7 Å². The van der Waals surface area contributed by atoms with Gasteiger partial charge in [-0.3, -0.25) is 4.79 Å². The van der Waals surface area contributed by atoms with Gasteiger partial charge in [0.05, 0.1) is 44.5 Å². The fourth-order valence-corrected chi connectivity index (χ4v) is 4.32. The third-order valence-corrected chi connectivity index (χ3v) is 6.62. The highest BCUT2D eigenvalue weighted by atomic mass is 32.2. The average molecular weight is 443 g/mol. The third kappa shape index (κ3) is 7.63. The van der Waals surface area contributed by atoms with E-state index in [0.717, 1.165) is 5.56 Å². The maximum Gasteiger partial charge on any atom is 0.241 e. The summed E-state index contributed by atoms with van der Waals surface area (Å²) in [5.74, 6) is -0.435. The van der Waals surface area contributed by atoms with Crippen LogP contribution in [-0.4, -0.2) is 78.0 Å². The van der Waals surface area contributed by atoms with Crippen LogP contribution in [0.2, 0.25) is 0 Å². The molecule has 1 fully saturated rings. The minimum atomic E-state index is -3.83. The van der Waals surface area contributed by atoms with Gasteiger partial charge in [0, 0.05) is 13.1 Å². The van der Waals surface area contributed by atoms with Gasteiger partial charge >= 0.3 is 0 Å². The van der Waals surface area contributed by atoms with E-state index in [0.29, 0.717) is 59.2 Å². The number of ether oxygens (including phenoxy) is 3. The molecule has 1 N–H and O–H groups in total. The van der Waals surface area contributed by atoms with Gasteiger partial charge in [-0.25, -0.2) is 8.42 Å². The van der Waals surface area contributed by atoms with Crippen LogP contribution in [0.4, 0.5) is 0 Å². The highest BCUT2D eigenvalue weighted by Crippen LogP contribution is 2.16. The molecule has 170 valence electrons. The van der Waals surface area contributed by atoms with Gasteiger partial charge in [-0.1, -0.05) is 38.0 Å². The van der Waals surface area contributed by atoms with Gasteiger partial charge in [0.15, 0.2) is 0 Å². The van der Waals surface area contributed by atoms with Crippen molar-refractivity contribution in [2.45, 2.75) is 38.1 Å². The number of benzene rings is 1. The van der Waals surface area contributed by atoms with E-state index in [2.05, 4.69) is 4.72 Å². The van der Waals surface area contributed by atoms with Crippen molar-refractivity contribution in [3.8, 4) is 0 Å². The maximum absolute atomic E-state index is 13.3. The van der Waals surface area contributed by atoms with Crippen LogP contribution in [0.15, 0.2) is 29.2 Å². The summed E-state index contributed by atoms with van der Waals surface area (Å²) in [6, 6.07) is 5.72. The Morgan fingerprint density at radius 1 is 1.00 bits per heavy atom. The SMILES string of the molecule is CCC(C)C(NS(=O)(=O)c1ccc(C)cc1)C(=O)N1CCOCCOCCOCC1. The van der Waals surface area contributed by atoms with Crippen LogP contribution in [0.3, 0.4) is 0 Å². The lowest BCUT2D eigenvalue weighted by atomic mass is 9.99. The number of carbonyl (C=O) groups excluding carboxylic acids is 1. The second-order valence-electron chi connectivity index (χ2n) is 7.46. The molecule has 0 bridgehead atoms. The Morgan fingerprint density at radius 3 is 2.00 bits per heavy atom. The lowest BCUT2D eigenvalue weighted by Crippen LogP contribution is -2.53. The molecule has 1 saturated heterocycles. The second kappa shape index (κ2) is 12.4. The molecule has 1 amide bonds. The third-order valence-electron chi connectivity index (χ3n) is 5.16. The number of carbonyl (C=O) groups is 1. The Morgan fingerprint density at radius 2 is 1.50 bits per heavy atom. The van der Waals surface area contributed by atoms with E-state index in [9.17, 15) is 13.2 Å². The van der Waals surface area contributed by atoms with Crippen LogP contribution >= 0.6 is 0 Å². The first-order valence-corrected chi connectivity index (χ1v) is 11.9. The highest BCUT2D eigenvalue weighted by molar-refractivity contribution is 7.89. The minimum Gasteiger partial charge on any atom is -0.377 e. The van der Waals surface area contributed by atoms with Gasteiger partial charge in [-0.2, -0.15) is 4.72 Å². The summed E-state index contributed by atoms with van der Waals surface area (Å²) in [6.45, 7) is 8.97. The number of sulfonamides is 1. The smallest absolute Gasteiger partial charge is 0.241 e. The fourth-order valence-electron chi connectivity index (χ4n) is 3.02. The van der Waals surface area contributed by atoms with Crippen molar-refractivity contribution in [3.05, 3.63) is 29.8 Å². The first-order chi connectivity index (χ1) is 14.3. The second-order valence-corrected chi connectivity index (χ2v) is 9.17. The van der Waals surface area contributed by atoms with Crippen LogP contribution in [0, 0.1) is 12.8 Å². The monoisotopic (exact) mass is 442 g/mol.